The van der Waals surface area contributed by atoms with E-state index in [1.54, 1.807) is 36.4 Å². The molecule has 5 rings (SSSR count). The molecule has 0 bridgehead atoms. The zero-order valence-corrected chi connectivity index (χ0v) is 22.1. The molecular weight excluding hydrogens is 543 g/mol. The van der Waals surface area contributed by atoms with Crippen LogP contribution in [0.5, 0.6) is 0 Å². The highest BCUT2D eigenvalue weighted by Crippen LogP contribution is 2.59. The fourth-order valence-corrected chi connectivity index (χ4v) is 7.83. The average Bonchev–Trinajstić information content (AvgIpc) is 3.19. The Morgan fingerprint density at radius 2 is 1.89 bits per heavy atom. The Balaban J connectivity index is 1.60. The quantitative estimate of drug-likeness (QED) is 0.148. The molecule has 5 atom stereocenters. The second-order valence-electron chi connectivity index (χ2n) is 8.80. The lowest BCUT2D eigenvalue weighted by atomic mass is 9.76. The number of nitrogens with zero attached hydrogens (tertiary/aromatic N) is 1. The smallest absolute Gasteiger partial charge is 0.339 e. The number of nitrogens with one attached hydrogen (secondary N) is 1. The maximum atomic E-state index is 12.6. The molecule has 1 heterocycles. The Morgan fingerprint density at radius 3 is 2.61 bits per heavy atom. The highest BCUT2D eigenvalue weighted by Gasteiger charge is 2.51. The zero-order chi connectivity index (χ0) is 25.6. The van der Waals surface area contributed by atoms with Crippen molar-refractivity contribution in [2.45, 2.75) is 33.9 Å². The first kappa shape index (κ1) is 25.2. The van der Waals surface area contributed by atoms with Crippen molar-refractivity contribution in [3.8, 4) is 0 Å². The third kappa shape index (κ3) is 4.43. The van der Waals surface area contributed by atoms with E-state index in [0.717, 1.165) is 11.1 Å². The van der Waals surface area contributed by atoms with E-state index in [1.165, 1.54) is 24.9 Å². The van der Waals surface area contributed by atoms with Crippen molar-refractivity contribution in [3.05, 3.63) is 97.5 Å². The maximum Gasteiger partial charge on any atom is 0.339 e. The van der Waals surface area contributed by atoms with E-state index >= 15 is 0 Å². The fraction of sp³-hybridized carbons (Fsp3) is 0.269. The first-order valence-corrected chi connectivity index (χ1v) is 13.3. The van der Waals surface area contributed by atoms with Crippen LogP contribution in [0.2, 0.25) is 10.0 Å². The number of hydrogen-bond donors (Lipinski definition) is 1. The number of alkyl halides is 1. The van der Waals surface area contributed by atoms with E-state index in [-0.39, 0.29) is 39.1 Å². The Labute approximate surface area is 227 Å². The summed E-state index contributed by atoms with van der Waals surface area (Å²) in [5, 5.41) is 15.8. The van der Waals surface area contributed by atoms with Gasteiger partial charge in [0.1, 0.15) is 0 Å². The number of halogens is 3. The number of ether oxygens (including phenoxy) is 1. The zero-order valence-electron chi connectivity index (χ0n) is 19.0. The number of fused-ring (bicyclic) bond motifs is 3. The summed E-state index contributed by atoms with van der Waals surface area (Å²) in [6.07, 6.45) is 0.689. The molecule has 186 valence electrons. The van der Waals surface area contributed by atoms with Gasteiger partial charge < -0.3 is 10.1 Å². The predicted molar refractivity (Wildman–Crippen MR) is 144 cm³/mol. The summed E-state index contributed by atoms with van der Waals surface area (Å²) in [5.41, 5.74) is 2.92. The monoisotopic (exact) mass is 562 g/mol. The second kappa shape index (κ2) is 10.1. The van der Waals surface area contributed by atoms with E-state index in [4.69, 9.17) is 39.5 Å². The van der Waals surface area contributed by atoms with Crippen molar-refractivity contribution in [2.24, 2.45) is 5.92 Å². The molecule has 3 aromatic rings. The molecule has 10 heteroatoms. The van der Waals surface area contributed by atoms with Gasteiger partial charge in [-0.25, -0.2) is 4.79 Å². The van der Waals surface area contributed by atoms with Crippen molar-refractivity contribution in [2.75, 3.05) is 12.4 Å². The third-order valence-electron chi connectivity index (χ3n) is 6.89. The molecule has 1 aliphatic carbocycles. The lowest BCUT2D eigenvalue weighted by Gasteiger charge is -2.39. The molecule has 36 heavy (non-hydrogen) atoms. The predicted octanol–water partition coefficient (Wildman–Crippen LogP) is 7.73. The van der Waals surface area contributed by atoms with E-state index < -0.39 is 5.97 Å². The fourth-order valence-electron chi connectivity index (χ4n) is 5.36. The van der Waals surface area contributed by atoms with Crippen molar-refractivity contribution in [3.63, 3.8) is 0 Å². The summed E-state index contributed by atoms with van der Waals surface area (Å²) < 4.78 is 5.03. The molecule has 0 radical (unpaired) electrons. The van der Waals surface area contributed by atoms with Gasteiger partial charge in [-0.1, -0.05) is 53.5 Å². The number of anilines is 1. The van der Waals surface area contributed by atoms with Crippen LogP contribution in [0.4, 0.5) is 11.4 Å². The van der Waals surface area contributed by atoms with Gasteiger partial charge in [0.2, 0.25) is 0 Å². The van der Waals surface area contributed by atoms with Gasteiger partial charge in [-0.3, -0.25) is 10.1 Å². The van der Waals surface area contributed by atoms with Crippen LogP contribution in [0.1, 0.15) is 39.9 Å². The van der Waals surface area contributed by atoms with Gasteiger partial charge in [0.15, 0.2) is 0 Å². The second-order valence-corrected chi connectivity index (χ2v) is 11.4. The van der Waals surface area contributed by atoms with Crippen LogP contribution in [0.25, 0.3) is 0 Å². The van der Waals surface area contributed by atoms with E-state index in [0.29, 0.717) is 32.6 Å². The Kier molecular flexibility index (Phi) is 7.10. The molecular formula is C26H21Cl3N2O4S. The molecule has 1 saturated carbocycles. The number of nitro groups is 1. The van der Waals surface area contributed by atoms with Gasteiger partial charge in [-0.15, -0.1) is 23.4 Å². The molecule has 2 aliphatic rings. The number of rotatable bonds is 5. The van der Waals surface area contributed by atoms with Crippen molar-refractivity contribution in [1.29, 1.82) is 0 Å². The minimum Gasteiger partial charge on any atom is -0.465 e. The van der Waals surface area contributed by atoms with E-state index in [9.17, 15) is 14.9 Å². The Morgan fingerprint density at radius 1 is 1.11 bits per heavy atom. The van der Waals surface area contributed by atoms with E-state index in [2.05, 4.69) is 5.32 Å². The van der Waals surface area contributed by atoms with Crippen LogP contribution in [0.15, 0.2) is 65.6 Å². The van der Waals surface area contributed by atoms with Gasteiger partial charge in [-0.2, -0.15) is 0 Å². The molecule has 3 aromatic carbocycles. The first-order valence-electron chi connectivity index (χ1n) is 11.3. The van der Waals surface area contributed by atoms with Crippen LogP contribution in [0, 0.1) is 16.0 Å². The number of hydrogen-bond acceptors (Lipinski definition) is 6. The van der Waals surface area contributed by atoms with Crippen molar-refractivity contribution >= 4 is 63.9 Å². The van der Waals surface area contributed by atoms with E-state index in [1.807, 2.05) is 18.2 Å². The number of nitro benzene ring substituents is 1. The van der Waals surface area contributed by atoms with Gasteiger partial charge >= 0.3 is 5.97 Å². The average molecular weight is 564 g/mol. The van der Waals surface area contributed by atoms with Crippen LogP contribution >= 0.6 is 46.6 Å². The number of benzene rings is 3. The third-order valence-corrected chi connectivity index (χ3v) is 9.57. The van der Waals surface area contributed by atoms with Crippen LogP contribution < -0.4 is 5.32 Å². The topological polar surface area (TPSA) is 81.5 Å². The summed E-state index contributed by atoms with van der Waals surface area (Å²) in [6, 6.07) is 17.3. The normalized spacial score (nSPS) is 24.4. The Bertz CT molecular complexity index is 1350. The van der Waals surface area contributed by atoms with Crippen LogP contribution in [-0.4, -0.2) is 28.6 Å². The molecule has 6 nitrogen and oxygen atoms in total. The van der Waals surface area contributed by atoms with Crippen LogP contribution in [-0.2, 0) is 4.74 Å². The lowest BCUT2D eigenvalue weighted by molar-refractivity contribution is -0.387. The number of methoxy groups -OCH3 is 1. The number of esters is 1. The van der Waals surface area contributed by atoms with Gasteiger partial charge in [0.05, 0.1) is 39.6 Å². The number of thioether (sulfide) groups is 1. The molecule has 0 aromatic heterocycles. The number of carbonyl (C=O) groups excluding carboxylic acids is 1. The molecule has 1 N–H and O–H groups in total. The Hall–Kier alpha value is -2.45. The molecule has 0 spiro atoms. The minimum absolute atomic E-state index is 0.0202. The molecule has 0 saturated heterocycles. The highest BCUT2D eigenvalue weighted by molar-refractivity contribution is 8.00. The van der Waals surface area contributed by atoms with Crippen LogP contribution in [0.3, 0.4) is 0 Å². The highest BCUT2D eigenvalue weighted by atomic mass is 35.5. The van der Waals surface area contributed by atoms with Crippen molar-refractivity contribution < 1.29 is 14.5 Å². The molecule has 1 fully saturated rings. The SMILES string of the molecule is COC(=O)c1cccc2c1NC(c1ccc(Cl)cc1Cl)C1CC(Sc3ccccc3[N+](=O)[O-])C(Cl)C21. The first-order chi connectivity index (χ1) is 17.3. The largest absolute Gasteiger partial charge is 0.465 e. The summed E-state index contributed by atoms with van der Waals surface area (Å²) in [4.78, 5) is 24.4. The standard InChI is InChI=1S/C26H21Cl3N2O4S/c1-35-26(32)16-6-4-5-15-22-17(24(30-25(15)16)14-10-9-13(27)11-18(14)28)12-21(23(22)29)36-20-8-3-2-7-19(20)31(33)34/h2-11,17,21-24,30H,12H2,1H3. The van der Waals surface area contributed by atoms with Gasteiger partial charge in [0.25, 0.3) is 5.69 Å². The molecule has 5 unspecified atom stereocenters. The van der Waals surface area contributed by atoms with Crippen molar-refractivity contribution in [1.82, 2.24) is 0 Å². The summed E-state index contributed by atoms with van der Waals surface area (Å²) in [6.45, 7) is 0. The summed E-state index contributed by atoms with van der Waals surface area (Å²) in [5.74, 6) is -0.551. The lowest BCUT2D eigenvalue weighted by Crippen LogP contribution is -2.32. The minimum atomic E-state index is -0.450. The number of para-hydroxylation sites is 2. The summed E-state index contributed by atoms with van der Waals surface area (Å²) in [7, 11) is 1.35. The van der Waals surface area contributed by atoms with Gasteiger partial charge in [-0.05, 0) is 47.7 Å². The molecule has 0 amide bonds. The maximum absolute atomic E-state index is 12.6. The molecule has 1 aliphatic heterocycles. The number of carbonyl (C=O) groups is 1. The summed E-state index contributed by atoms with van der Waals surface area (Å²) >= 11 is 21.4. The van der Waals surface area contributed by atoms with Gasteiger partial charge in [0, 0.05) is 27.3 Å².